The number of methoxy groups -OCH3 is 1. The highest BCUT2D eigenvalue weighted by atomic mass is 32.2. The average Bonchev–Trinajstić information content (AvgIpc) is 3.11. The van der Waals surface area contributed by atoms with Crippen molar-refractivity contribution >= 4 is 28.9 Å². The number of halogens is 5. The molecule has 172 valence electrons. The molecule has 1 aliphatic heterocycles. The van der Waals surface area contributed by atoms with E-state index in [1.165, 1.54) is 37.5 Å². The fourth-order valence-electron chi connectivity index (χ4n) is 2.69. The lowest BCUT2D eigenvalue weighted by molar-refractivity contribution is -0.138. The Bertz CT molecular complexity index is 1170. The largest absolute Gasteiger partial charge is 0.493 e. The molecule has 0 aromatic heterocycles. The number of thioether (sulfide) groups is 1. The standard InChI is InChI=1S/C21H14F5N3O3S/c1-31-16-7-11(8-17-19(30)29-20(33-17)28-10-18(22)23)2-5-15(16)32-14-4-3-12(9-27)6-13(14)21(24,25)26/h2-8,18H,10H2,1H3,(H,28,29,30)/b17-8-. The molecule has 0 spiro atoms. The molecule has 1 N–H and O–H groups in total. The lowest BCUT2D eigenvalue weighted by atomic mass is 10.1. The number of carbonyl (C=O) groups excluding carboxylic acids is 1. The zero-order chi connectivity index (χ0) is 24.2. The second kappa shape index (κ2) is 9.91. The number of nitrogens with zero attached hydrogens (tertiary/aromatic N) is 2. The lowest BCUT2D eigenvalue weighted by Gasteiger charge is -2.16. The Kier molecular flexibility index (Phi) is 7.23. The summed E-state index contributed by atoms with van der Waals surface area (Å²) in [4.78, 5) is 15.8. The van der Waals surface area contributed by atoms with Crippen molar-refractivity contribution in [3.8, 4) is 23.3 Å². The summed E-state index contributed by atoms with van der Waals surface area (Å²) < 4.78 is 75.4. The fourth-order valence-corrected chi connectivity index (χ4v) is 3.52. The lowest BCUT2D eigenvalue weighted by Crippen LogP contribution is -2.20. The van der Waals surface area contributed by atoms with Crippen LogP contribution in [0, 0.1) is 11.3 Å². The van der Waals surface area contributed by atoms with E-state index in [0.29, 0.717) is 11.6 Å². The van der Waals surface area contributed by atoms with Gasteiger partial charge < -0.3 is 14.8 Å². The molecule has 1 heterocycles. The van der Waals surface area contributed by atoms with Crippen molar-refractivity contribution in [1.82, 2.24) is 5.32 Å². The number of rotatable bonds is 6. The Morgan fingerprint density at radius 3 is 2.55 bits per heavy atom. The summed E-state index contributed by atoms with van der Waals surface area (Å²) in [5.41, 5.74) is -0.848. The van der Waals surface area contributed by atoms with E-state index in [1.807, 2.05) is 0 Å². The first-order valence-corrected chi connectivity index (χ1v) is 9.93. The zero-order valence-electron chi connectivity index (χ0n) is 16.7. The molecule has 0 bridgehead atoms. The highest BCUT2D eigenvalue weighted by Gasteiger charge is 2.35. The van der Waals surface area contributed by atoms with E-state index in [4.69, 9.17) is 14.7 Å². The third kappa shape index (κ3) is 6.01. The summed E-state index contributed by atoms with van der Waals surface area (Å²) in [6.45, 7) is -0.745. The average molecular weight is 483 g/mol. The van der Waals surface area contributed by atoms with Crippen LogP contribution in [0.1, 0.15) is 16.7 Å². The molecule has 1 fully saturated rings. The number of carbonyl (C=O) groups is 1. The monoisotopic (exact) mass is 483 g/mol. The summed E-state index contributed by atoms with van der Waals surface area (Å²) in [5, 5.41) is 11.3. The first-order chi connectivity index (χ1) is 15.6. The van der Waals surface area contributed by atoms with Crippen molar-refractivity contribution in [2.24, 2.45) is 4.99 Å². The van der Waals surface area contributed by atoms with Crippen LogP contribution >= 0.6 is 11.8 Å². The van der Waals surface area contributed by atoms with Gasteiger partial charge in [-0.3, -0.25) is 9.79 Å². The van der Waals surface area contributed by atoms with E-state index in [2.05, 4.69) is 10.3 Å². The van der Waals surface area contributed by atoms with Crippen LogP contribution in [0.15, 0.2) is 46.3 Å². The minimum absolute atomic E-state index is 0.0300. The smallest absolute Gasteiger partial charge is 0.420 e. The highest BCUT2D eigenvalue weighted by Crippen LogP contribution is 2.41. The van der Waals surface area contributed by atoms with E-state index < -0.39 is 36.4 Å². The van der Waals surface area contributed by atoms with Crippen LogP contribution < -0.4 is 14.8 Å². The van der Waals surface area contributed by atoms with Gasteiger partial charge in [0.25, 0.3) is 12.3 Å². The van der Waals surface area contributed by atoms with Crippen LogP contribution in [0.2, 0.25) is 0 Å². The topological polar surface area (TPSA) is 83.7 Å². The van der Waals surface area contributed by atoms with E-state index in [0.717, 1.165) is 17.8 Å². The van der Waals surface area contributed by atoms with Gasteiger partial charge in [-0.2, -0.15) is 18.4 Å². The number of ether oxygens (including phenoxy) is 2. The molecule has 12 heteroatoms. The molecule has 33 heavy (non-hydrogen) atoms. The van der Waals surface area contributed by atoms with Crippen molar-refractivity contribution < 1.29 is 36.2 Å². The predicted molar refractivity (Wildman–Crippen MR) is 111 cm³/mol. The third-order valence-corrected chi connectivity index (χ3v) is 5.09. The van der Waals surface area contributed by atoms with Gasteiger partial charge in [0.2, 0.25) is 0 Å². The Morgan fingerprint density at radius 2 is 1.91 bits per heavy atom. The first-order valence-electron chi connectivity index (χ1n) is 9.11. The number of nitriles is 1. The number of amides is 1. The van der Waals surface area contributed by atoms with Gasteiger partial charge in [0, 0.05) is 0 Å². The fraction of sp³-hybridized carbons (Fsp3) is 0.190. The minimum Gasteiger partial charge on any atom is -0.493 e. The van der Waals surface area contributed by atoms with Gasteiger partial charge in [0.1, 0.15) is 12.3 Å². The first kappa shape index (κ1) is 24.1. The van der Waals surface area contributed by atoms with Gasteiger partial charge in [0.15, 0.2) is 16.7 Å². The molecular weight excluding hydrogens is 469 g/mol. The molecule has 2 aromatic rings. The number of benzene rings is 2. The molecule has 1 amide bonds. The van der Waals surface area contributed by atoms with Gasteiger partial charge in [-0.15, -0.1) is 0 Å². The number of hydrogen-bond donors (Lipinski definition) is 1. The van der Waals surface area contributed by atoms with Crippen LogP contribution in [0.3, 0.4) is 0 Å². The third-order valence-electron chi connectivity index (χ3n) is 4.14. The summed E-state index contributed by atoms with van der Waals surface area (Å²) in [5.74, 6) is -0.995. The highest BCUT2D eigenvalue weighted by molar-refractivity contribution is 8.18. The zero-order valence-corrected chi connectivity index (χ0v) is 17.6. The van der Waals surface area contributed by atoms with E-state index in [-0.39, 0.29) is 27.1 Å². The molecule has 6 nitrogen and oxygen atoms in total. The number of hydrogen-bond acceptors (Lipinski definition) is 6. The minimum atomic E-state index is -4.75. The van der Waals surface area contributed by atoms with E-state index in [9.17, 15) is 26.7 Å². The number of amidine groups is 1. The van der Waals surface area contributed by atoms with Gasteiger partial charge in [-0.05, 0) is 53.7 Å². The Balaban J connectivity index is 1.88. The SMILES string of the molecule is COc1cc(/C=C2\SC(=NCC(F)F)NC2=O)ccc1Oc1ccc(C#N)cc1C(F)(F)F. The van der Waals surface area contributed by atoms with Crippen molar-refractivity contribution in [2.75, 3.05) is 13.7 Å². The summed E-state index contributed by atoms with van der Waals surface area (Å²) in [7, 11) is 1.29. The second-order valence-corrected chi connectivity index (χ2v) is 7.47. The van der Waals surface area contributed by atoms with Crippen LogP contribution in [-0.4, -0.2) is 31.2 Å². The number of nitrogens with one attached hydrogen (secondary N) is 1. The summed E-state index contributed by atoms with van der Waals surface area (Å²) >= 11 is 0.878. The molecule has 0 radical (unpaired) electrons. The summed E-state index contributed by atoms with van der Waals surface area (Å²) in [6.07, 6.45) is -5.95. The van der Waals surface area contributed by atoms with E-state index in [1.54, 1.807) is 6.07 Å². The summed E-state index contributed by atoms with van der Waals surface area (Å²) in [6, 6.07) is 8.83. The number of aliphatic imine (C=N–C) groups is 1. The molecule has 1 aliphatic rings. The van der Waals surface area contributed by atoms with Crippen molar-refractivity contribution in [2.45, 2.75) is 12.6 Å². The van der Waals surface area contributed by atoms with Crippen LogP contribution in [0.5, 0.6) is 17.2 Å². The molecule has 0 atom stereocenters. The molecule has 3 rings (SSSR count). The van der Waals surface area contributed by atoms with Crippen molar-refractivity contribution in [3.05, 3.63) is 58.0 Å². The quantitative estimate of drug-likeness (QED) is 0.451. The van der Waals surface area contributed by atoms with E-state index >= 15 is 0 Å². The maximum atomic E-state index is 13.4. The number of alkyl halides is 5. The van der Waals surface area contributed by atoms with Gasteiger partial charge in [-0.25, -0.2) is 8.78 Å². The molecule has 0 aliphatic carbocycles. The van der Waals surface area contributed by atoms with Gasteiger partial charge in [0.05, 0.1) is 29.2 Å². The van der Waals surface area contributed by atoms with Crippen LogP contribution in [0.25, 0.3) is 6.08 Å². The van der Waals surface area contributed by atoms with Crippen LogP contribution in [0.4, 0.5) is 22.0 Å². The van der Waals surface area contributed by atoms with Gasteiger partial charge >= 0.3 is 6.18 Å². The predicted octanol–water partition coefficient (Wildman–Crippen LogP) is 5.20. The molecule has 2 aromatic carbocycles. The molecule has 1 saturated heterocycles. The Hall–Kier alpha value is -3.59. The molecular formula is C21H14F5N3O3S. The maximum absolute atomic E-state index is 13.4. The molecule has 0 saturated carbocycles. The Morgan fingerprint density at radius 1 is 1.18 bits per heavy atom. The normalized spacial score (nSPS) is 16.2. The molecule has 0 unspecified atom stereocenters. The van der Waals surface area contributed by atoms with Crippen LogP contribution in [-0.2, 0) is 11.0 Å². The maximum Gasteiger partial charge on any atom is 0.420 e. The second-order valence-electron chi connectivity index (χ2n) is 6.43. The van der Waals surface area contributed by atoms with Crippen molar-refractivity contribution in [3.63, 3.8) is 0 Å². The Labute approximate surface area is 188 Å². The van der Waals surface area contributed by atoms with Gasteiger partial charge in [-0.1, -0.05) is 6.07 Å². The van der Waals surface area contributed by atoms with Crippen molar-refractivity contribution in [1.29, 1.82) is 5.26 Å².